The molecule has 0 unspecified atom stereocenters. The highest BCUT2D eigenvalue weighted by Gasteiger charge is 2.54. The van der Waals surface area contributed by atoms with Crippen LogP contribution in [0.5, 0.6) is 0 Å². The monoisotopic (exact) mass is 513 g/mol. The average Bonchev–Trinajstić information content (AvgIpc) is 3.56. The Balaban J connectivity index is 1.34. The van der Waals surface area contributed by atoms with E-state index in [-0.39, 0.29) is 56.0 Å². The van der Waals surface area contributed by atoms with Gasteiger partial charge in [0.15, 0.2) is 0 Å². The number of piperidine rings is 1. The van der Waals surface area contributed by atoms with Crippen molar-refractivity contribution in [3.63, 3.8) is 0 Å². The van der Waals surface area contributed by atoms with Gasteiger partial charge in [0.2, 0.25) is 5.91 Å². The number of rotatable bonds is 5. The molecule has 0 bridgehead atoms. The second-order valence-electron chi connectivity index (χ2n) is 9.61. The fraction of sp³-hybridized carbons (Fsp3) is 0.444. The molecule has 8 nitrogen and oxygen atoms in total. The minimum atomic E-state index is -1.09. The van der Waals surface area contributed by atoms with Gasteiger partial charge in [0, 0.05) is 50.7 Å². The Labute approximate surface area is 213 Å². The van der Waals surface area contributed by atoms with E-state index in [9.17, 15) is 23.2 Å². The molecule has 0 radical (unpaired) electrons. The molecule has 2 atom stereocenters. The van der Waals surface area contributed by atoms with Crippen molar-refractivity contribution >= 4 is 17.7 Å². The van der Waals surface area contributed by atoms with Crippen LogP contribution >= 0.6 is 0 Å². The lowest BCUT2D eigenvalue weighted by Gasteiger charge is -2.44. The van der Waals surface area contributed by atoms with Gasteiger partial charge in [-0.25, -0.2) is 8.78 Å². The molecule has 1 spiro atoms. The summed E-state index contributed by atoms with van der Waals surface area (Å²) >= 11 is 0. The Kier molecular flexibility index (Phi) is 7.21. The van der Waals surface area contributed by atoms with E-state index in [4.69, 9.17) is 9.47 Å². The van der Waals surface area contributed by atoms with Crippen molar-refractivity contribution in [2.45, 2.75) is 43.6 Å². The van der Waals surface area contributed by atoms with Gasteiger partial charge in [0.05, 0.1) is 18.3 Å². The van der Waals surface area contributed by atoms with Crippen LogP contribution in [0.2, 0.25) is 0 Å². The van der Waals surface area contributed by atoms with Gasteiger partial charge in [-0.05, 0) is 37.1 Å². The Morgan fingerprint density at radius 3 is 2.46 bits per heavy atom. The summed E-state index contributed by atoms with van der Waals surface area (Å²) in [6, 6.07) is 10.7. The average molecular weight is 514 g/mol. The minimum absolute atomic E-state index is 0.0243. The predicted molar refractivity (Wildman–Crippen MR) is 129 cm³/mol. The molecule has 2 aromatic rings. The van der Waals surface area contributed by atoms with Crippen LogP contribution in [0.3, 0.4) is 0 Å². The zero-order valence-corrected chi connectivity index (χ0v) is 20.3. The van der Waals surface area contributed by atoms with E-state index in [0.29, 0.717) is 24.8 Å². The summed E-state index contributed by atoms with van der Waals surface area (Å²) < 4.78 is 39.3. The summed E-state index contributed by atoms with van der Waals surface area (Å²) in [5, 5.41) is 2.91. The fourth-order valence-corrected chi connectivity index (χ4v) is 5.32. The molecule has 1 N–H and O–H groups in total. The molecule has 3 saturated heterocycles. The molecule has 3 amide bonds. The van der Waals surface area contributed by atoms with Crippen molar-refractivity contribution in [2.75, 3.05) is 32.8 Å². The number of hydrogen-bond acceptors (Lipinski definition) is 5. The second-order valence-corrected chi connectivity index (χ2v) is 9.61. The van der Waals surface area contributed by atoms with E-state index < -0.39 is 29.3 Å². The number of carbonyl (C=O) groups excluding carboxylic acids is 3. The van der Waals surface area contributed by atoms with Crippen molar-refractivity contribution < 1.29 is 32.6 Å². The van der Waals surface area contributed by atoms with Crippen molar-refractivity contribution in [3.8, 4) is 0 Å². The maximum Gasteiger partial charge on any atom is 0.256 e. The zero-order valence-electron chi connectivity index (χ0n) is 20.3. The molecule has 3 fully saturated rings. The number of carbonyl (C=O) groups is 3. The summed E-state index contributed by atoms with van der Waals surface area (Å²) in [5.41, 5.74) is -0.874. The number of benzene rings is 2. The smallest absolute Gasteiger partial charge is 0.256 e. The number of likely N-dealkylation sites (tertiary alicyclic amines) is 1. The van der Waals surface area contributed by atoms with Crippen molar-refractivity contribution in [1.29, 1.82) is 0 Å². The van der Waals surface area contributed by atoms with Crippen LogP contribution in [0.4, 0.5) is 8.78 Å². The van der Waals surface area contributed by atoms with E-state index in [1.54, 1.807) is 30.3 Å². The van der Waals surface area contributed by atoms with Gasteiger partial charge in [-0.3, -0.25) is 19.3 Å². The van der Waals surface area contributed by atoms with Crippen LogP contribution in [0.15, 0.2) is 48.5 Å². The van der Waals surface area contributed by atoms with Gasteiger partial charge < -0.3 is 19.7 Å². The van der Waals surface area contributed by atoms with Crippen molar-refractivity contribution in [1.82, 2.24) is 15.1 Å². The zero-order chi connectivity index (χ0) is 26.0. The first kappa shape index (κ1) is 25.3. The third-order valence-electron chi connectivity index (χ3n) is 7.32. The number of nitrogens with one attached hydrogen (secondary N) is 1. The lowest BCUT2D eigenvalue weighted by Crippen LogP contribution is -2.60. The summed E-state index contributed by atoms with van der Waals surface area (Å²) in [5.74, 6) is -2.89. The van der Waals surface area contributed by atoms with Crippen LogP contribution in [-0.2, 0) is 14.3 Å². The van der Waals surface area contributed by atoms with Gasteiger partial charge in [-0.1, -0.05) is 18.2 Å². The molecule has 3 aliphatic rings. The van der Waals surface area contributed by atoms with E-state index >= 15 is 0 Å². The van der Waals surface area contributed by atoms with Crippen molar-refractivity contribution in [2.24, 2.45) is 0 Å². The lowest BCUT2D eigenvalue weighted by atomic mass is 9.96. The second kappa shape index (κ2) is 10.5. The molecule has 3 aliphatic heterocycles. The van der Waals surface area contributed by atoms with Gasteiger partial charge in [0.25, 0.3) is 11.8 Å². The molecular formula is C27H29F2N3O5. The number of ether oxygens (including phenoxy) is 2. The Morgan fingerprint density at radius 1 is 1.03 bits per heavy atom. The highest BCUT2D eigenvalue weighted by molar-refractivity contribution is 5.98. The quantitative estimate of drug-likeness (QED) is 0.665. The maximum absolute atomic E-state index is 14.2. The lowest BCUT2D eigenvalue weighted by molar-refractivity contribution is -0.128. The minimum Gasteiger partial charge on any atom is -0.376 e. The Morgan fingerprint density at radius 2 is 1.78 bits per heavy atom. The molecular weight excluding hydrogens is 484 g/mol. The third kappa shape index (κ3) is 5.08. The predicted octanol–water partition coefficient (Wildman–Crippen LogP) is 2.73. The molecule has 37 heavy (non-hydrogen) atoms. The summed E-state index contributed by atoms with van der Waals surface area (Å²) in [4.78, 5) is 42.8. The topological polar surface area (TPSA) is 88.2 Å². The number of amides is 3. The van der Waals surface area contributed by atoms with E-state index in [1.807, 2.05) is 0 Å². The molecule has 3 heterocycles. The van der Waals surface area contributed by atoms with Gasteiger partial charge >= 0.3 is 0 Å². The van der Waals surface area contributed by atoms with Gasteiger partial charge in [0.1, 0.15) is 23.4 Å². The Hall–Kier alpha value is -3.37. The summed E-state index contributed by atoms with van der Waals surface area (Å²) in [6.45, 7) is 1.42. The molecule has 2 aromatic carbocycles. The Bertz CT molecular complexity index is 1160. The van der Waals surface area contributed by atoms with Crippen LogP contribution < -0.4 is 5.32 Å². The number of halogens is 2. The molecule has 0 aromatic heterocycles. The molecule has 10 heteroatoms. The number of hydrogen-bond donors (Lipinski definition) is 1. The fourth-order valence-electron chi connectivity index (χ4n) is 5.32. The standard InChI is InChI=1S/C27H29F2N3O5/c28-19-8-9-21(22(29)15-19)26(35)31-12-10-27(11-13-31)32(25(34)18-5-2-1-3-6-18)23(17-37-27)24(33)30-16-20-7-4-14-36-20/h1-3,5-6,8-9,15,20,23H,4,7,10-14,16-17H2,(H,30,33)/t20-,23-/m1/s1. The van der Waals surface area contributed by atoms with Gasteiger partial charge in [-0.2, -0.15) is 0 Å². The van der Waals surface area contributed by atoms with Crippen LogP contribution in [-0.4, -0.2) is 78.2 Å². The van der Waals surface area contributed by atoms with Crippen molar-refractivity contribution in [3.05, 3.63) is 71.3 Å². The van der Waals surface area contributed by atoms with Crippen LogP contribution in [0.1, 0.15) is 46.4 Å². The first-order valence-corrected chi connectivity index (χ1v) is 12.5. The van der Waals surface area contributed by atoms with E-state index in [2.05, 4.69) is 5.32 Å². The van der Waals surface area contributed by atoms with E-state index in [1.165, 1.54) is 9.80 Å². The summed E-state index contributed by atoms with van der Waals surface area (Å²) in [7, 11) is 0. The molecule has 5 rings (SSSR count). The third-order valence-corrected chi connectivity index (χ3v) is 7.32. The number of nitrogens with zero attached hydrogens (tertiary/aromatic N) is 2. The first-order chi connectivity index (χ1) is 17.9. The van der Waals surface area contributed by atoms with Gasteiger partial charge in [-0.15, -0.1) is 0 Å². The highest BCUT2D eigenvalue weighted by atomic mass is 19.1. The maximum atomic E-state index is 14.2. The molecule has 0 aliphatic carbocycles. The molecule has 0 saturated carbocycles. The molecule has 196 valence electrons. The van der Waals surface area contributed by atoms with Crippen LogP contribution in [0, 0.1) is 11.6 Å². The normalized spacial score (nSPS) is 22.9. The highest BCUT2D eigenvalue weighted by Crippen LogP contribution is 2.39. The largest absolute Gasteiger partial charge is 0.376 e. The summed E-state index contributed by atoms with van der Waals surface area (Å²) in [6.07, 6.45) is 2.27. The SMILES string of the molecule is O=C(NC[C@H]1CCCO1)[C@H]1COC2(CCN(C(=O)c3ccc(F)cc3F)CC2)N1C(=O)c1ccccc1. The van der Waals surface area contributed by atoms with Crippen LogP contribution in [0.25, 0.3) is 0 Å². The first-order valence-electron chi connectivity index (χ1n) is 12.5. The van der Waals surface area contributed by atoms with E-state index in [0.717, 1.165) is 25.0 Å².